The molecule has 0 saturated carbocycles. The standard InChI is InChI=1S/C22H18ClN3O3S2/c1-3-10-26-21(28)17(31-22(26)30)12-14-19(29-16-9-5-4-8-15(16)23)24-18-13(2)7-6-11-25(18)20(14)27/h4-9,11-12H,3,10H2,1-2H3/b17-12+. The number of carbonyl (C=O) groups is 1. The zero-order valence-electron chi connectivity index (χ0n) is 16.8. The van der Waals surface area contributed by atoms with E-state index in [1.807, 2.05) is 19.9 Å². The van der Waals surface area contributed by atoms with Crippen molar-refractivity contribution in [2.24, 2.45) is 0 Å². The number of aryl methyl sites for hydroxylation is 1. The minimum absolute atomic E-state index is 0.0770. The number of thiocarbonyl (C=S) groups is 1. The number of amides is 1. The highest BCUT2D eigenvalue weighted by atomic mass is 35.5. The van der Waals surface area contributed by atoms with E-state index in [1.54, 1.807) is 36.5 Å². The molecule has 0 atom stereocenters. The first-order valence-corrected chi connectivity index (χ1v) is 11.2. The molecule has 0 aliphatic carbocycles. The molecule has 1 aromatic carbocycles. The number of benzene rings is 1. The minimum Gasteiger partial charge on any atom is -0.437 e. The number of aromatic nitrogens is 2. The summed E-state index contributed by atoms with van der Waals surface area (Å²) in [5, 5.41) is 0.384. The van der Waals surface area contributed by atoms with Gasteiger partial charge in [-0.05, 0) is 43.2 Å². The van der Waals surface area contributed by atoms with Gasteiger partial charge in [-0.15, -0.1) is 0 Å². The highest BCUT2D eigenvalue weighted by Crippen LogP contribution is 2.35. The summed E-state index contributed by atoms with van der Waals surface area (Å²) in [5.41, 5.74) is 1.08. The number of fused-ring (bicyclic) bond motifs is 1. The molecule has 1 aliphatic rings. The molecule has 1 aliphatic heterocycles. The highest BCUT2D eigenvalue weighted by Gasteiger charge is 2.32. The van der Waals surface area contributed by atoms with E-state index >= 15 is 0 Å². The molecule has 2 aromatic heterocycles. The van der Waals surface area contributed by atoms with Gasteiger partial charge in [0.05, 0.1) is 9.93 Å². The first-order chi connectivity index (χ1) is 14.9. The predicted molar refractivity (Wildman–Crippen MR) is 128 cm³/mol. The molecule has 158 valence electrons. The summed E-state index contributed by atoms with van der Waals surface area (Å²) >= 11 is 12.7. The number of para-hydroxylation sites is 1. The van der Waals surface area contributed by atoms with E-state index < -0.39 is 0 Å². The molecular formula is C22H18ClN3O3S2. The third-order valence-electron chi connectivity index (χ3n) is 4.69. The number of ether oxygens (including phenoxy) is 1. The van der Waals surface area contributed by atoms with Gasteiger partial charge in [0.25, 0.3) is 11.5 Å². The fraction of sp³-hybridized carbons (Fsp3) is 0.182. The van der Waals surface area contributed by atoms with Crippen LogP contribution in [0.2, 0.25) is 5.02 Å². The van der Waals surface area contributed by atoms with E-state index in [4.69, 9.17) is 28.6 Å². The molecule has 1 saturated heterocycles. The molecule has 0 bridgehead atoms. The van der Waals surface area contributed by atoms with Gasteiger partial charge >= 0.3 is 0 Å². The SMILES string of the molecule is CCCN1C(=O)/C(=C\c2c(Oc3ccccc3Cl)nc3c(C)cccn3c2=O)SC1=S. The Kier molecular flexibility index (Phi) is 6.13. The van der Waals surface area contributed by atoms with Crippen LogP contribution in [0.5, 0.6) is 11.6 Å². The Bertz CT molecular complexity index is 1300. The van der Waals surface area contributed by atoms with Crippen molar-refractivity contribution in [1.82, 2.24) is 14.3 Å². The van der Waals surface area contributed by atoms with Crippen LogP contribution in [0.1, 0.15) is 24.5 Å². The van der Waals surface area contributed by atoms with Crippen LogP contribution in [0.15, 0.2) is 52.3 Å². The van der Waals surface area contributed by atoms with Crippen LogP contribution in [0.4, 0.5) is 0 Å². The third-order valence-corrected chi connectivity index (χ3v) is 6.38. The summed E-state index contributed by atoms with van der Waals surface area (Å²) in [6.07, 6.45) is 3.92. The van der Waals surface area contributed by atoms with Gasteiger partial charge in [-0.3, -0.25) is 18.9 Å². The Hall–Kier alpha value is -2.68. The Labute approximate surface area is 193 Å². The first-order valence-electron chi connectivity index (χ1n) is 9.60. The zero-order valence-corrected chi connectivity index (χ0v) is 19.2. The molecule has 1 fully saturated rings. The molecule has 0 radical (unpaired) electrons. The molecule has 1 amide bonds. The van der Waals surface area contributed by atoms with Gasteiger partial charge in [0.2, 0.25) is 5.88 Å². The van der Waals surface area contributed by atoms with Crippen LogP contribution < -0.4 is 10.3 Å². The van der Waals surface area contributed by atoms with Gasteiger partial charge in [0, 0.05) is 12.7 Å². The quantitative estimate of drug-likeness (QED) is 0.383. The van der Waals surface area contributed by atoms with Crippen molar-refractivity contribution < 1.29 is 9.53 Å². The van der Waals surface area contributed by atoms with E-state index in [0.29, 0.717) is 32.2 Å². The fourth-order valence-corrected chi connectivity index (χ4v) is 4.64. The van der Waals surface area contributed by atoms with Gasteiger partial charge in [0.15, 0.2) is 0 Å². The Morgan fingerprint density at radius 3 is 2.74 bits per heavy atom. The van der Waals surface area contributed by atoms with E-state index in [1.165, 1.54) is 15.4 Å². The van der Waals surface area contributed by atoms with Crippen molar-refractivity contribution in [3.05, 3.63) is 74.0 Å². The van der Waals surface area contributed by atoms with Gasteiger partial charge in [-0.2, -0.15) is 4.98 Å². The lowest BCUT2D eigenvalue weighted by atomic mass is 10.2. The molecule has 31 heavy (non-hydrogen) atoms. The Morgan fingerprint density at radius 2 is 2.00 bits per heavy atom. The maximum Gasteiger partial charge on any atom is 0.269 e. The Morgan fingerprint density at radius 1 is 1.23 bits per heavy atom. The van der Waals surface area contributed by atoms with E-state index in [0.717, 1.165) is 23.7 Å². The third kappa shape index (κ3) is 4.11. The fourth-order valence-electron chi connectivity index (χ4n) is 3.17. The van der Waals surface area contributed by atoms with E-state index in [-0.39, 0.29) is 22.9 Å². The lowest BCUT2D eigenvalue weighted by molar-refractivity contribution is -0.122. The minimum atomic E-state index is -0.350. The second-order valence-corrected chi connectivity index (χ2v) is 8.97. The monoisotopic (exact) mass is 471 g/mol. The van der Waals surface area contributed by atoms with Crippen molar-refractivity contribution in [2.75, 3.05) is 6.54 Å². The van der Waals surface area contributed by atoms with Gasteiger partial charge in [-0.25, -0.2) is 0 Å². The van der Waals surface area contributed by atoms with Crippen molar-refractivity contribution in [2.45, 2.75) is 20.3 Å². The number of nitrogens with zero attached hydrogens (tertiary/aromatic N) is 3. The van der Waals surface area contributed by atoms with Crippen LogP contribution >= 0.6 is 35.6 Å². The van der Waals surface area contributed by atoms with Crippen molar-refractivity contribution >= 4 is 57.5 Å². The molecule has 0 unspecified atom stereocenters. The predicted octanol–water partition coefficient (Wildman–Crippen LogP) is 5.06. The van der Waals surface area contributed by atoms with Crippen LogP contribution in [-0.4, -0.2) is 31.1 Å². The summed E-state index contributed by atoms with van der Waals surface area (Å²) in [7, 11) is 0. The van der Waals surface area contributed by atoms with Crippen LogP contribution in [0.3, 0.4) is 0 Å². The van der Waals surface area contributed by atoms with Gasteiger partial charge in [0.1, 0.15) is 21.3 Å². The summed E-state index contributed by atoms with van der Waals surface area (Å²) in [4.78, 5) is 32.7. The maximum absolute atomic E-state index is 13.4. The zero-order chi connectivity index (χ0) is 22.1. The maximum atomic E-state index is 13.4. The number of thioether (sulfide) groups is 1. The number of pyridine rings is 1. The number of carbonyl (C=O) groups excluding carboxylic acids is 1. The molecule has 9 heteroatoms. The summed E-state index contributed by atoms with van der Waals surface area (Å²) in [5.74, 6) is 0.213. The van der Waals surface area contributed by atoms with Gasteiger partial charge in [-0.1, -0.05) is 60.7 Å². The molecular weight excluding hydrogens is 454 g/mol. The normalized spacial score (nSPS) is 15.3. The van der Waals surface area contributed by atoms with Crippen molar-refractivity contribution in [3.63, 3.8) is 0 Å². The molecule has 3 aromatic rings. The first kappa shape index (κ1) is 21.5. The second kappa shape index (κ2) is 8.82. The van der Waals surface area contributed by atoms with Crippen molar-refractivity contribution in [1.29, 1.82) is 0 Å². The van der Waals surface area contributed by atoms with Gasteiger partial charge < -0.3 is 4.74 Å². The highest BCUT2D eigenvalue weighted by molar-refractivity contribution is 8.26. The van der Waals surface area contributed by atoms with Crippen LogP contribution in [0.25, 0.3) is 11.7 Å². The lowest BCUT2D eigenvalue weighted by Crippen LogP contribution is -2.28. The van der Waals surface area contributed by atoms with Crippen LogP contribution in [0, 0.1) is 6.92 Å². The summed E-state index contributed by atoms with van der Waals surface area (Å²) < 4.78 is 7.87. The molecule has 0 spiro atoms. The van der Waals surface area contributed by atoms with Crippen molar-refractivity contribution in [3.8, 4) is 11.6 Å². The topological polar surface area (TPSA) is 63.9 Å². The molecule has 0 N–H and O–H groups in total. The average molecular weight is 472 g/mol. The molecule has 4 rings (SSSR count). The van der Waals surface area contributed by atoms with E-state index in [9.17, 15) is 9.59 Å². The average Bonchev–Trinajstić information content (AvgIpc) is 3.01. The number of hydrogen-bond donors (Lipinski definition) is 0. The number of halogens is 1. The number of rotatable bonds is 5. The lowest BCUT2D eigenvalue weighted by Gasteiger charge is -2.13. The number of hydrogen-bond acceptors (Lipinski definition) is 6. The largest absolute Gasteiger partial charge is 0.437 e. The smallest absolute Gasteiger partial charge is 0.269 e. The molecule has 3 heterocycles. The Balaban J connectivity index is 1.90. The molecule has 6 nitrogen and oxygen atoms in total. The summed E-state index contributed by atoms with van der Waals surface area (Å²) in [6, 6.07) is 10.6. The van der Waals surface area contributed by atoms with E-state index in [2.05, 4.69) is 4.98 Å². The summed E-state index contributed by atoms with van der Waals surface area (Å²) in [6.45, 7) is 4.36. The second-order valence-electron chi connectivity index (χ2n) is 6.89. The van der Waals surface area contributed by atoms with Crippen LogP contribution in [-0.2, 0) is 4.79 Å².